The highest BCUT2D eigenvalue weighted by Crippen LogP contribution is 2.33. The van der Waals surface area contributed by atoms with Gasteiger partial charge in [-0.15, -0.1) is 0 Å². The van der Waals surface area contributed by atoms with Gasteiger partial charge in [-0.2, -0.15) is 0 Å². The molecule has 5 aromatic rings. The van der Waals surface area contributed by atoms with E-state index in [9.17, 15) is 0 Å². The molecule has 0 atom stereocenters. The second-order valence-corrected chi connectivity index (χ2v) is 8.79. The summed E-state index contributed by atoms with van der Waals surface area (Å²) >= 11 is 0. The predicted octanol–water partition coefficient (Wildman–Crippen LogP) is 5.50. The Bertz CT molecular complexity index is 1400. The van der Waals surface area contributed by atoms with Gasteiger partial charge in [0.2, 0.25) is 0 Å². The molecule has 0 saturated heterocycles. The second kappa shape index (κ2) is 8.78. The number of nitrogens with zero attached hydrogens (tertiary/aromatic N) is 5. The van der Waals surface area contributed by atoms with E-state index in [4.69, 9.17) is 19.7 Å². The summed E-state index contributed by atoms with van der Waals surface area (Å²) in [4.78, 5) is 22.6. The van der Waals surface area contributed by atoms with Crippen LogP contribution >= 0.6 is 0 Å². The van der Waals surface area contributed by atoms with Crippen LogP contribution in [0, 0.1) is 0 Å². The Kier molecular flexibility index (Phi) is 5.33. The fourth-order valence-corrected chi connectivity index (χ4v) is 4.79. The lowest BCUT2D eigenvalue weighted by Gasteiger charge is -2.23. The summed E-state index contributed by atoms with van der Waals surface area (Å²) in [5.74, 6) is 3.04. The molecule has 1 aliphatic carbocycles. The monoisotopic (exact) mass is 453 g/mol. The van der Waals surface area contributed by atoms with Gasteiger partial charge in [-0.3, -0.25) is 0 Å². The van der Waals surface area contributed by atoms with Gasteiger partial charge in [0.1, 0.15) is 17.1 Å². The van der Waals surface area contributed by atoms with Crippen LogP contribution in [0.3, 0.4) is 0 Å². The zero-order valence-corrected chi connectivity index (χ0v) is 19.2. The van der Waals surface area contributed by atoms with E-state index < -0.39 is 0 Å². The Balaban J connectivity index is 1.39. The summed E-state index contributed by atoms with van der Waals surface area (Å²) in [6, 6.07) is 16.3. The first kappa shape index (κ1) is 20.7. The van der Waals surface area contributed by atoms with E-state index in [0.29, 0.717) is 24.2 Å². The number of benzene rings is 2. The average molecular weight is 454 g/mol. The summed E-state index contributed by atoms with van der Waals surface area (Å²) < 4.78 is 7.57. The Morgan fingerprint density at radius 3 is 2.62 bits per heavy atom. The van der Waals surface area contributed by atoms with Gasteiger partial charge < -0.3 is 19.6 Å². The van der Waals surface area contributed by atoms with E-state index in [-0.39, 0.29) is 0 Å². The number of aromatic amines is 1. The summed E-state index contributed by atoms with van der Waals surface area (Å²) in [7, 11) is 1.67. The lowest BCUT2D eigenvalue weighted by atomic mass is 9.95. The Morgan fingerprint density at radius 2 is 1.82 bits per heavy atom. The van der Waals surface area contributed by atoms with Crippen molar-refractivity contribution in [1.82, 2.24) is 29.5 Å². The third-order valence-electron chi connectivity index (χ3n) is 6.60. The highest BCUT2D eigenvalue weighted by atomic mass is 16.5. The van der Waals surface area contributed by atoms with E-state index in [1.165, 1.54) is 19.3 Å². The first-order valence-electron chi connectivity index (χ1n) is 11.8. The van der Waals surface area contributed by atoms with E-state index in [2.05, 4.69) is 19.9 Å². The number of rotatable bonds is 6. The largest absolute Gasteiger partial charge is 0.497 e. The highest BCUT2D eigenvalue weighted by Gasteiger charge is 2.21. The maximum atomic E-state index is 5.32. The second-order valence-electron chi connectivity index (χ2n) is 8.79. The minimum Gasteiger partial charge on any atom is -0.497 e. The van der Waals surface area contributed by atoms with E-state index in [1.807, 2.05) is 54.9 Å². The van der Waals surface area contributed by atoms with Crippen LogP contribution in [0.15, 0.2) is 54.9 Å². The van der Waals surface area contributed by atoms with Crippen molar-refractivity contribution in [3.8, 4) is 17.1 Å². The van der Waals surface area contributed by atoms with Gasteiger partial charge in [0.15, 0.2) is 17.3 Å². The summed E-state index contributed by atoms with van der Waals surface area (Å²) in [5.41, 5.74) is 4.57. The third-order valence-corrected chi connectivity index (χ3v) is 6.60. The van der Waals surface area contributed by atoms with Crippen LogP contribution in [-0.4, -0.2) is 36.6 Å². The van der Waals surface area contributed by atoms with Crippen LogP contribution in [-0.2, 0) is 6.54 Å². The minimum atomic E-state index is 0.431. The molecule has 1 fully saturated rings. The van der Waals surface area contributed by atoms with Crippen molar-refractivity contribution in [3.05, 3.63) is 60.7 Å². The van der Waals surface area contributed by atoms with Crippen molar-refractivity contribution in [2.75, 3.05) is 12.4 Å². The molecule has 1 saturated carbocycles. The fraction of sp³-hybridized carbons (Fsp3) is 0.308. The molecule has 0 spiro atoms. The zero-order valence-electron chi connectivity index (χ0n) is 19.2. The molecule has 8 heteroatoms. The molecule has 0 aliphatic heterocycles. The fourth-order valence-electron chi connectivity index (χ4n) is 4.79. The van der Waals surface area contributed by atoms with Crippen molar-refractivity contribution in [1.29, 1.82) is 0 Å². The highest BCUT2D eigenvalue weighted by molar-refractivity contribution is 5.85. The molecule has 6 rings (SSSR count). The zero-order chi connectivity index (χ0) is 22.9. The first-order chi connectivity index (χ1) is 16.8. The van der Waals surface area contributed by atoms with Gasteiger partial charge in [-0.1, -0.05) is 31.4 Å². The third kappa shape index (κ3) is 3.85. The van der Waals surface area contributed by atoms with E-state index in [1.54, 1.807) is 7.11 Å². The van der Waals surface area contributed by atoms with Crippen molar-refractivity contribution in [2.24, 2.45) is 0 Å². The van der Waals surface area contributed by atoms with Crippen LogP contribution in [0.2, 0.25) is 0 Å². The van der Waals surface area contributed by atoms with Crippen molar-refractivity contribution in [3.63, 3.8) is 0 Å². The smallest absolute Gasteiger partial charge is 0.166 e. The number of nitrogens with one attached hydrogen (secondary N) is 2. The van der Waals surface area contributed by atoms with E-state index in [0.717, 1.165) is 52.2 Å². The number of aromatic nitrogens is 6. The van der Waals surface area contributed by atoms with Gasteiger partial charge in [0, 0.05) is 11.6 Å². The average Bonchev–Trinajstić information content (AvgIpc) is 3.52. The van der Waals surface area contributed by atoms with Crippen LogP contribution in [0.4, 0.5) is 5.82 Å². The van der Waals surface area contributed by atoms with Gasteiger partial charge >= 0.3 is 0 Å². The van der Waals surface area contributed by atoms with Crippen LogP contribution in [0.5, 0.6) is 5.75 Å². The molecule has 8 nitrogen and oxygen atoms in total. The maximum Gasteiger partial charge on any atom is 0.166 e. The molecule has 172 valence electrons. The van der Waals surface area contributed by atoms with Gasteiger partial charge in [0.05, 0.1) is 31.0 Å². The minimum absolute atomic E-state index is 0.431. The molecular formula is C26H27N7O. The lowest BCUT2D eigenvalue weighted by molar-refractivity contribution is 0.358. The molecule has 0 bridgehead atoms. The van der Waals surface area contributed by atoms with Gasteiger partial charge in [-0.25, -0.2) is 19.9 Å². The summed E-state index contributed by atoms with van der Waals surface area (Å²) in [6.07, 6.45) is 8.05. The Morgan fingerprint density at radius 1 is 1.00 bits per heavy atom. The van der Waals surface area contributed by atoms with Crippen LogP contribution in [0.1, 0.15) is 44.0 Å². The quantitative estimate of drug-likeness (QED) is 0.353. The van der Waals surface area contributed by atoms with Gasteiger partial charge in [-0.05, 0) is 49.2 Å². The van der Waals surface area contributed by atoms with Crippen LogP contribution in [0.25, 0.3) is 33.6 Å². The molecule has 3 heterocycles. The standard InChI is InChI=1S/C26H27N7O/c1-34-19-13-11-17(12-14-19)24-31-25(27-15-22-29-20-9-5-6-10-21(20)30-22)23-26(32-24)33(16-28-23)18-7-3-2-4-8-18/h5-6,9-14,16,18H,2-4,7-8,15H2,1H3,(H,29,30)(H,27,31,32). The molecular weight excluding hydrogens is 426 g/mol. The van der Waals surface area contributed by atoms with Crippen molar-refractivity contribution >= 4 is 28.0 Å². The Labute approximate surface area is 197 Å². The lowest BCUT2D eigenvalue weighted by Crippen LogP contribution is -2.13. The topological polar surface area (TPSA) is 93.5 Å². The van der Waals surface area contributed by atoms with Crippen molar-refractivity contribution < 1.29 is 4.74 Å². The molecule has 3 aromatic heterocycles. The number of hydrogen-bond acceptors (Lipinski definition) is 6. The predicted molar refractivity (Wildman–Crippen MR) is 133 cm³/mol. The first-order valence-corrected chi connectivity index (χ1v) is 11.8. The molecule has 0 radical (unpaired) electrons. The molecule has 2 N–H and O–H groups in total. The number of para-hydroxylation sites is 2. The maximum absolute atomic E-state index is 5.32. The SMILES string of the molecule is COc1ccc(-c2nc(NCc3nc4ccccc4[nH]3)c3ncn(C4CCCCC4)c3n2)cc1. The van der Waals surface area contributed by atoms with Crippen LogP contribution < -0.4 is 10.1 Å². The normalized spacial score (nSPS) is 14.6. The number of ether oxygens (including phenoxy) is 1. The summed E-state index contributed by atoms with van der Waals surface area (Å²) in [6.45, 7) is 0.513. The molecule has 34 heavy (non-hydrogen) atoms. The van der Waals surface area contributed by atoms with Crippen molar-refractivity contribution in [2.45, 2.75) is 44.7 Å². The number of hydrogen-bond donors (Lipinski definition) is 2. The Hall–Kier alpha value is -3.94. The number of anilines is 1. The molecule has 2 aromatic carbocycles. The number of imidazole rings is 2. The molecule has 0 amide bonds. The number of H-pyrrole nitrogens is 1. The summed E-state index contributed by atoms with van der Waals surface area (Å²) in [5, 5.41) is 3.47. The number of fused-ring (bicyclic) bond motifs is 2. The molecule has 1 aliphatic rings. The number of methoxy groups -OCH3 is 1. The van der Waals surface area contributed by atoms with Gasteiger partial charge in [0.25, 0.3) is 0 Å². The molecule has 0 unspecified atom stereocenters. The van der Waals surface area contributed by atoms with E-state index >= 15 is 0 Å².